The number of hydrogen-bond acceptors (Lipinski definition) is 4. The normalized spacial score (nSPS) is 19.3. The standard InChI is InChI=1S/C18H21N5/c1-14-4-2-6-18-21-16(13-23(14)18)12-22-9-8-20-11-17(22)15-5-3-7-19-10-15/h2-7,10,13,17,20H,8-9,11-12H2,1H3. The van der Waals surface area contributed by atoms with Crippen LogP contribution in [-0.4, -0.2) is 38.9 Å². The zero-order valence-electron chi connectivity index (χ0n) is 13.3. The monoisotopic (exact) mass is 307 g/mol. The third kappa shape index (κ3) is 2.85. The van der Waals surface area contributed by atoms with E-state index in [9.17, 15) is 0 Å². The fourth-order valence-electron chi connectivity index (χ4n) is 3.32. The lowest BCUT2D eigenvalue weighted by molar-refractivity contribution is 0.152. The number of aromatic nitrogens is 3. The number of nitrogens with zero attached hydrogens (tertiary/aromatic N) is 4. The number of imidazole rings is 1. The van der Waals surface area contributed by atoms with Crippen molar-refractivity contribution in [2.24, 2.45) is 0 Å². The zero-order chi connectivity index (χ0) is 15.6. The second kappa shape index (κ2) is 6.10. The van der Waals surface area contributed by atoms with Crippen molar-refractivity contribution in [1.82, 2.24) is 24.6 Å². The van der Waals surface area contributed by atoms with Crippen molar-refractivity contribution < 1.29 is 0 Å². The predicted octanol–water partition coefficient (Wildman–Crippen LogP) is 2.18. The summed E-state index contributed by atoms with van der Waals surface area (Å²) in [6.07, 6.45) is 5.96. The lowest BCUT2D eigenvalue weighted by atomic mass is 10.1. The maximum absolute atomic E-state index is 4.78. The fourth-order valence-corrected chi connectivity index (χ4v) is 3.32. The molecule has 0 radical (unpaired) electrons. The molecule has 3 aromatic heterocycles. The Morgan fingerprint density at radius 1 is 1.26 bits per heavy atom. The summed E-state index contributed by atoms with van der Waals surface area (Å²) >= 11 is 0. The molecule has 1 unspecified atom stereocenters. The largest absolute Gasteiger partial charge is 0.314 e. The minimum Gasteiger partial charge on any atom is -0.314 e. The van der Waals surface area contributed by atoms with E-state index in [2.05, 4.69) is 57.0 Å². The van der Waals surface area contributed by atoms with E-state index in [4.69, 9.17) is 4.98 Å². The van der Waals surface area contributed by atoms with Crippen LogP contribution in [0.3, 0.4) is 0 Å². The van der Waals surface area contributed by atoms with Gasteiger partial charge in [0.1, 0.15) is 5.65 Å². The van der Waals surface area contributed by atoms with Crippen molar-refractivity contribution >= 4 is 5.65 Å². The first-order valence-corrected chi connectivity index (χ1v) is 8.09. The molecule has 1 atom stereocenters. The van der Waals surface area contributed by atoms with Gasteiger partial charge in [-0.15, -0.1) is 0 Å². The fraction of sp³-hybridized carbons (Fsp3) is 0.333. The van der Waals surface area contributed by atoms with Crippen LogP contribution in [0.5, 0.6) is 0 Å². The van der Waals surface area contributed by atoms with Gasteiger partial charge in [-0.2, -0.15) is 0 Å². The Morgan fingerprint density at radius 2 is 2.22 bits per heavy atom. The molecule has 5 nitrogen and oxygen atoms in total. The third-order valence-corrected chi connectivity index (χ3v) is 4.53. The first-order valence-electron chi connectivity index (χ1n) is 8.09. The maximum Gasteiger partial charge on any atom is 0.137 e. The summed E-state index contributed by atoms with van der Waals surface area (Å²) in [5, 5.41) is 3.49. The molecule has 0 aliphatic carbocycles. The maximum atomic E-state index is 4.78. The molecular formula is C18H21N5. The van der Waals surface area contributed by atoms with Gasteiger partial charge in [0.2, 0.25) is 0 Å². The molecule has 23 heavy (non-hydrogen) atoms. The van der Waals surface area contributed by atoms with E-state index in [0.29, 0.717) is 6.04 Å². The van der Waals surface area contributed by atoms with E-state index < -0.39 is 0 Å². The Bertz CT molecular complexity index is 796. The van der Waals surface area contributed by atoms with Crippen LogP contribution in [0, 0.1) is 6.92 Å². The Labute approximate surface area is 136 Å². The van der Waals surface area contributed by atoms with Gasteiger partial charge in [0, 0.05) is 56.5 Å². The van der Waals surface area contributed by atoms with Gasteiger partial charge < -0.3 is 9.72 Å². The van der Waals surface area contributed by atoms with Gasteiger partial charge in [-0.1, -0.05) is 12.1 Å². The number of hydrogen-bond donors (Lipinski definition) is 1. The summed E-state index contributed by atoms with van der Waals surface area (Å²) < 4.78 is 2.16. The van der Waals surface area contributed by atoms with Crippen LogP contribution in [0.2, 0.25) is 0 Å². The van der Waals surface area contributed by atoms with Crippen LogP contribution in [0.25, 0.3) is 5.65 Å². The van der Waals surface area contributed by atoms with Gasteiger partial charge in [-0.05, 0) is 30.7 Å². The number of fused-ring (bicyclic) bond motifs is 1. The van der Waals surface area contributed by atoms with Crippen molar-refractivity contribution in [3.8, 4) is 0 Å². The summed E-state index contributed by atoms with van der Waals surface area (Å²) in [6, 6.07) is 10.8. The summed E-state index contributed by atoms with van der Waals surface area (Å²) in [7, 11) is 0. The van der Waals surface area contributed by atoms with Crippen LogP contribution in [0.15, 0.2) is 48.9 Å². The molecule has 1 aliphatic heterocycles. The van der Waals surface area contributed by atoms with E-state index >= 15 is 0 Å². The number of aryl methyl sites for hydroxylation is 1. The van der Waals surface area contributed by atoms with Gasteiger partial charge in [0.15, 0.2) is 0 Å². The highest BCUT2D eigenvalue weighted by Gasteiger charge is 2.24. The molecule has 5 heteroatoms. The van der Waals surface area contributed by atoms with Crippen LogP contribution >= 0.6 is 0 Å². The van der Waals surface area contributed by atoms with E-state index in [-0.39, 0.29) is 0 Å². The van der Waals surface area contributed by atoms with E-state index in [0.717, 1.165) is 37.5 Å². The smallest absolute Gasteiger partial charge is 0.137 e. The van der Waals surface area contributed by atoms with Crippen LogP contribution in [0.4, 0.5) is 0 Å². The molecule has 3 aromatic rings. The lowest BCUT2D eigenvalue weighted by Gasteiger charge is -2.35. The van der Waals surface area contributed by atoms with Crippen molar-refractivity contribution in [2.45, 2.75) is 19.5 Å². The van der Waals surface area contributed by atoms with Gasteiger partial charge in [0.25, 0.3) is 0 Å². The molecule has 0 saturated carbocycles. The summed E-state index contributed by atoms with van der Waals surface area (Å²) in [5.74, 6) is 0. The molecule has 0 aromatic carbocycles. The summed E-state index contributed by atoms with van der Waals surface area (Å²) in [6.45, 7) is 5.97. The average molecular weight is 307 g/mol. The highest BCUT2D eigenvalue weighted by molar-refractivity contribution is 5.41. The summed E-state index contributed by atoms with van der Waals surface area (Å²) in [5.41, 5.74) is 4.62. The molecular weight excluding hydrogens is 286 g/mol. The summed E-state index contributed by atoms with van der Waals surface area (Å²) in [4.78, 5) is 11.5. The second-order valence-electron chi connectivity index (χ2n) is 6.10. The average Bonchev–Trinajstić information content (AvgIpc) is 3.00. The number of pyridine rings is 2. The number of rotatable bonds is 3. The van der Waals surface area contributed by atoms with Gasteiger partial charge >= 0.3 is 0 Å². The molecule has 4 rings (SSSR count). The highest BCUT2D eigenvalue weighted by Crippen LogP contribution is 2.23. The topological polar surface area (TPSA) is 45.5 Å². The zero-order valence-corrected chi connectivity index (χ0v) is 13.3. The van der Waals surface area contributed by atoms with Crippen molar-refractivity contribution in [1.29, 1.82) is 0 Å². The van der Waals surface area contributed by atoms with Crippen molar-refractivity contribution in [3.63, 3.8) is 0 Å². The van der Waals surface area contributed by atoms with Crippen LogP contribution < -0.4 is 5.32 Å². The molecule has 0 bridgehead atoms. The highest BCUT2D eigenvalue weighted by atomic mass is 15.2. The quantitative estimate of drug-likeness (QED) is 0.805. The Hall–Kier alpha value is -2.24. The molecule has 1 saturated heterocycles. The molecule has 0 amide bonds. The van der Waals surface area contributed by atoms with Crippen LogP contribution in [0.1, 0.15) is 23.0 Å². The lowest BCUT2D eigenvalue weighted by Crippen LogP contribution is -2.45. The molecule has 1 N–H and O–H groups in total. The molecule has 4 heterocycles. The Morgan fingerprint density at radius 3 is 3.04 bits per heavy atom. The Kier molecular flexibility index (Phi) is 3.81. The van der Waals surface area contributed by atoms with E-state index in [1.54, 1.807) is 0 Å². The minimum absolute atomic E-state index is 0.350. The molecule has 1 aliphatic rings. The van der Waals surface area contributed by atoms with Crippen LogP contribution in [-0.2, 0) is 6.54 Å². The first-order chi connectivity index (χ1) is 11.3. The predicted molar refractivity (Wildman–Crippen MR) is 90.2 cm³/mol. The van der Waals surface area contributed by atoms with Crippen molar-refractivity contribution in [2.75, 3.05) is 19.6 Å². The third-order valence-electron chi connectivity index (χ3n) is 4.53. The number of nitrogens with one attached hydrogen (secondary N) is 1. The van der Waals surface area contributed by atoms with E-state index in [1.165, 1.54) is 11.3 Å². The Balaban J connectivity index is 1.61. The van der Waals surface area contributed by atoms with E-state index in [1.807, 2.05) is 18.5 Å². The molecule has 118 valence electrons. The number of piperazine rings is 1. The van der Waals surface area contributed by atoms with Gasteiger partial charge in [-0.3, -0.25) is 9.88 Å². The second-order valence-corrected chi connectivity index (χ2v) is 6.10. The SMILES string of the molecule is Cc1cccc2nc(CN3CCNCC3c3cccnc3)cn12. The van der Waals surface area contributed by atoms with Crippen molar-refractivity contribution in [3.05, 3.63) is 65.9 Å². The van der Waals surface area contributed by atoms with Gasteiger partial charge in [0.05, 0.1) is 5.69 Å². The molecule has 1 fully saturated rings. The molecule has 0 spiro atoms. The minimum atomic E-state index is 0.350. The van der Waals surface area contributed by atoms with Gasteiger partial charge in [-0.25, -0.2) is 4.98 Å². The first kappa shape index (κ1) is 14.4.